The Balaban J connectivity index is 1.79. The smallest absolute Gasteiger partial charge is 0.260 e. The molecule has 1 aromatic rings. The predicted octanol–water partition coefficient (Wildman–Crippen LogP) is 1.02. The molecule has 20 heavy (non-hydrogen) atoms. The lowest BCUT2D eigenvalue weighted by molar-refractivity contribution is -0.136. The highest BCUT2D eigenvalue weighted by atomic mass is 32.2. The lowest BCUT2D eigenvalue weighted by Crippen LogP contribution is -2.58. The number of rotatable bonds is 5. The van der Waals surface area contributed by atoms with Crippen molar-refractivity contribution in [3.05, 3.63) is 29.8 Å². The Morgan fingerprint density at radius 3 is 2.45 bits per heavy atom. The van der Waals surface area contributed by atoms with Crippen LogP contribution in [0, 0.1) is 6.92 Å². The van der Waals surface area contributed by atoms with Crippen LogP contribution in [0.2, 0.25) is 0 Å². The van der Waals surface area contributed by atoms with Gasteiger partial charge in [-0.25, -0.2) is 8.42 Å². The highest BCUT2D eigenvalue weighted by molar-refractivity contribution is 7.92. The van der Waals surface area contributed by atoms with Crippen molar-refractivity contribution >= 4 is 15.7 Å². The fourth-order valence-electron chi connectivity index (χ4n) is 1.98. The number of likely N-dealkylation sites (tertiary alicyclic amines) is 1. The van der Waals surface area contributed by atoms with Crippen LogP contribution in [0.25, 0.3) is 0 Å². The quantitative estimate of drug-likeness (QED) is 0.814. The molecule has 2 rings (SSSR count). The average molecular weight is 297 g/mol. The van der Waals surface area contributed by atoms with E-state index >= 15 is 0 Å². The molecule has 0 atom stereocenters. The summed E-state index contributed by atoms with van der Waals surface area (Å²) in [5.41, 5.74) is 1.12. The van der Waals surface area contributed by atoms with Gasteiger partial charge in [0.2, 0.25) is 0 Å². The lowest BCUT2D eigenvalue weighted by atomic mass is 10.2. The number of carbonyl (C=O) groups is 1. The average Bonchev–Trinajstić information content (AvgIpc) is 2.36. The van der Waals surface area contributed by atoms with E-state index in [9.17, 15) is 13.2 Å². The fourth-order valence-corrected chi connectivity index (χ4v) is 3.26. The van der Waals surface area contributed by atoms with Crippen LogP contribution >= 0.6 is 0 Å². The van der Waals surface area contributed by atoms with Crippen LogP contribution in [-0.4, -0.2) is 49.9 Å². The van der Waals surface area contributed by atoms with Crippen molar-refractivity contribution in [2.75, 3.05) is 25.4 Å². The van der Waals surface area contributed by atoms with Gasteiger partial charge in [-0.05, 0) is 19.1 Å². The molecule has 0 N–H and O–H groups in total. The molecule has 0 unspecified atom stereocenters. The maximum absolute atomic E-state index is 11.8. The summed E-state index contributed by atoms with van der Waals surface area (Å²) in [6.07, 6.45) is 0. The lowest BCUT2D eigenvalue weighted by Gasteiger charge is -2.38. The highest BCUT2D eigenvalue weighted by Crippen LogP contribution is 2.18. The van der Waals surface area contributed by atoms with Gasteiger partial charge in [-0.15, -0.1) is 0 Å². The minimum absolute atomic E-state index is 0.0536. The molecule has 0 aliphatic carbocycles. The molecule has 1 aliphatic heterocycles. The zero-order chi connectivity index (χ0) is 14.8. The number of benzene rings is 1. The van der Waals surface area contributed by atoms with Crippen molar-refractivity contribution in [1.29, 1.82) is 0 Å². The van der Waals surface area contributed by atoms with Gasteiger partial charge in [0.05, 0.1) is 5.25 Å². The highest BCUT2D eigenvalue weighted by Gasteiger charge is 2.38. The van der Waals surface area contributed by atoms with Gasteiger partial charge in [-0.2, -0.15) is 0 Å². The van der Waals surface area contributed by atoms with E-state index in [0.717, 1.165) is 5.56 Å². The molecule has 1 heterocycles. The fraction of sp³-hybridized carbons (Fsp3) is 0.500. The third kappa shape index (κ3) is 3.30. The molecule has 0 radical (unpaired) electrons. The minimum atomic E-state index is -3.03. The van der Waals surface area contributed by atoms with Crippen molar-refractivity contribution in [2.45, 2.75) is 19.1 Å². The molecular formula is C14H19NO4S. The van der Waals surface area contributed by atoms with E-state index in [0.29, 0.717) is 5.75 Å². The first kappa shape index (κ1) is 14.8. The normalized spacial score (nSPS) is 15.8. The number of carbonyl (C=O) groups excluding carboxylic acids is 1. The summed E-state index contributed by atoms with van der Waals surface area (Å²) in [5.74, 6) is 0.592. The van der Waals surface area contributed by atoms with E-state index in [-0.39, 0.29) is 31.4 Å². The Morgan fingerprint density at radius 1 is 1.30 bits per heavy atom. The number of hydrogen-bond donors (Lipinski definition) is 0. The summed E-state index contributed by atoms with van der Waals surface area (Å²) < 4.78 is 28.6. The van der Waals surface area contributed by atoms with Gasteiger partial charge in [0.1, 0.15) is 5.75 Å². The van der Waals surface area contributed by atoms with Gasteiger partial charge in [-0.3, -0.25) is 4.79 Å². The monoisotopic (exact) mass is 297 g/mol. The van der Waals surface area contributed by atoms with Crippen LogP contribution in [0.3, 0.4) is 0 Å². The van der Waals surface area contributed by atoms with Gasteiger partial charge in [0.15, 0.2) is 16.4 Å². The van der Waals surface area contributed by atoms with Crippen molar-refractivity contribution < 1.29 is 17.9 Å². The number of ether oxygens (including phenoxy) is 1. The number of nitrogens with zero attached hydrogens (tertiary/aromatic N) is 1. The number of amides is 1. The van der Waals surface area contributed by atoms with E-state index < -0.39 is 15.1 Å². The van der Waals surface area contributed by atoms with E-state index in [1.54, 1.807) is 6.92 Å². The number of sulfone groups is 1. The second-order valence-electron chi connectivity index (χ2n) is 4.97. The zero-order valence-corrected chi connectivity index (χ0v) is 12.5. The second kappa shape index (κ2) is 5.83. The van der Waals surface area contributed by atoms with Gasteiger partial charge < -0.3 is 9.64 Å². The number of hydrogen-bond acceptors (Lipinski definition) is 4. The molecule has 1 fully saturated rings. The largest absolute Gasteiger partial charge is 0.484 e. The van der Waals surface area contributed by atoms with Crippen molar-refractivity contribution in [2.24, 2.45) is 0 Å². The Kier molecular flexibility index (Phi) is 4.32. The molecule has 0 spiro atoms. The van der Waals surface area contributed by atoms with E-state index in [4.69, 9.17) is 4.74 Å². The second-order valence-corrected chi connectivity index (χ2v) is 7.54. The Hall–Kier alpha value is -1.56. The summed E-state index contributed by atoms with van der Waals surface area (Å²) in [7, 11) is -3.03. The van der Waals surface area contributed by atoms with Gasteiger partial charge in [-0.1, -0.05) is 24.6 Å². The Labute approximate surface area is 119 Å². The van der Waals surface area contributed by atoms with E-state index in [2.05, 4.69) is 0 Å². The SMILES string of the molecule is CCS(=O)(=O)C1CN(C(=O)COc2ccc(C)cc2)C1. The summed E-state index contributed by atoms with van der Waals surface area (Å²) in [4.78, 5) is 13.4. The molecule has 6 heteroatoms. The van der Waals surface area contributed by atoms with Crippen molar-refractivity contribution in [3.8, 4) is 5.75 Å². The van der Waals surface area contributed by atoms with Crippen LogP contribution in [0.4, 0.5) is 0 Å². The molecule has 0 saturated carbocycles. The first-order chi connectivity index (χ1) is 9.42. The molecule has 5 nitrogen and oxygen atoms in total. The van der Waals surface area contributed by atoms with Crippen molar-refractivity contribution in [3.63, 3.8) is 0 Å². The van der Waals surface area contributed by atoms with Gasteiger partial charge in [0, 0.05) is 18.8 Å². The topological polar surface area (TPSA) is 63.7 Å². The molecule has 1 saturated heterocycles. The standard InChI is InChI=1S/C14H19NO4S/c1-3-20(17,18)13-8-15(9-13)14(16)10-19-12-6-4-11(2)5-7-12/h4-7,13H,3,8-10H2,1-2H3. The summed E-state index contributed by atoms with van der Waals surface area (Å²) in [5, 5.41) is -0.407. The van der Waals surface area contributed by atoms with Crippen LogP contribution in [0.1, 0.15) is 12.5 Å². The molecule has 110 valence electrons. The van der Waals surface area contributed by atoms with E-state index in [1.807, 2.05) is 31.2 Å². The third-order valence-electron chi connectivity index (χ3n) is 3.49. The first-order valence-corrected chi connectivity index (χ1v) is 8.32. The van der Waals surface area contributed by atoms with Gasteiger partial charge in [0.25, 0.3) is 5.91 Å². The molecule has 0 aromatic heterocycles. The van der Waals surface area contributed by atoms with Crippen molar-refractivity contribution in [1.82, 2.24) is 4.90 Å². The Morgan fingerprint density at radius 2 is 1.90 bits per heavy atom. The van der Waals surface area contributed by atoms with Gasteiger partial charge >= 0.3 is 0 Å². The van der Waals surface area contributed by atoms with Crippen LogP contribution in [0.15, 0.2) is 24.3 Å². The predicted molar refractivity (Wildman–Crippen MR) is 76.5 cm³/mol. The molecule has 1 aromatic carbocycles. The van der Waals surface area contributed by atoms with Crippen LogP contribution in [0.5, 0.6) is 5.75 Å². The molecule has 1 amide bonds. The number of aryl methyl sites for hydroxylation is 1. The summed E-state index contributed by atoms with van der Waals surface area (Å²) in [6.45, 7) is 4.12. The summed E-state index contributed by atoms with van der Waals surface area (Å²) >= 11 is 0. The molecule has 0 bridgehead atoms. The van der Waals surface area contributed by atoms with Crippen LogP contribution in [-0.2, 0) is 14.6 Å². The maximum Gasteiger partial charge on any atom is 0.260 e. The minimum Gasteiger partial charge on any atom is -0.484 e. The van der Waals surface area contributed by atoms with Crippen LogP contribution < -0.4 is 4.74 Å². The summed E-state index contributed by atoms with van der Waals surface area (Å²) in [6, 6.07) is 7.44. The van der Waals surface area contributed by atoms with E-state index in [1.165, 1.54) is 4.90 Å². The third-order valence-corrected chi connectivity index (χ3v) is 5.61. The first-order valence-electron chi connectivity index (χ1n) is 6.61. The zero-order valence-electron chi connectivity index (χ0n) is 11.7. The molecule has 1 aliphatic rings. The Bertz CT molecular complexity index is 574. The molecular weight excluding hydrogens is 278 g/mol. The maximum atomic E-state index is 11.8.